The van der Waals surface area contributed by atoms with Gasteiger partial charge in [-0.15, -0.1) is 0 Å². The zero-order valence-electron chi connectivity index (χ0n) is 10.3. The van der Waals surface area contributed by atoms with E-state index in [1.165, 1.54) is 6.20 Å². The van der Waals surface area contributed by atoms with E-state index < -0.39 is 18.3 Å². The summed E-state index contributed by atoms with van der Waals surface area (Å²) < 4.78 is 11.8. The SMILES string of the molecule is CC1(C)OB(c2cncc(Cl)c2Cl)OC1(C)C. The summed E-state index contributed by atoms with van der Waals surface area (Å²) >= 11 is 12.1. The fraction of sp³-hybridized carbons (Fsp3) is 0.545. The van der Waals surface area contributed by atoms with E-state index in [1.54, 1.807) is 6.20 Å². The minimum absolute atomic E-state index is 0.399. The van der Waals surface area contributed by atoms with Gasteiger partial charge in [0, 0.05) is 17.9 Å². The summed E-state index contributed by atoms with van der Waals surface area (Å²) in [7, 11) is -0.529. The average molecular weight is 274 g/mol. The van der Waals surface area contributed by atoms with Gasteiger partial charge in [0.2, 0.25) is 0 Å². The maximum absolute atomic E-state index is 6.13. The highest BCUT2D eigenvalue weighted by Crippen LogP contribution is 2.37. The van der Waals surface area contributed by atoms with E-state index in [4.69, 9.17) is 32.5 Å². The van der Waals surface area contributed by atoms with Crippen LogP contribution in [0.5, 0.6) is 0 Å². The van der Waals surface area contributed by atoms with Crippen molar-refractivity contribution in [2.24, 2.45) is 0 Å². The largest absolute Gasteiger partial charge is 0.498 e. The van der Waals surface area contributed by atoms with Crippen LogP contribution in [-0.4, -0.2) is 23.3 Å². The first-order valence-electron chi connectivity index (χ1n) is 5.39. The molecule has 0 bridgehead atoms. The summed E-state index contributed by atoms with van der Waals surface area (Å²) in [6.45, 7) is 7.94. The molecule has 0 aromatic carbocycles. The number of aromatic nitrogens is 1. The molecule has 1 aliphatic rings. The van der Waals surface area contributed by atoms with Crippen molar-refractivity contribution in [3.8, 4) is 0 Å². The Morgan fingerprint density at radius 3 is 2.12 bits per heavy atom. The van der Waals surface area contributed by atoms with Gasteiger partial charge >= 0.3 is 7.12 Å². The zero-order valence-corrected chi connectivity index (χ0v) is 11.8. The molecule has 0 N–H and O–H groups in total. The molecular weight excluding hydrogens is 260 g/mol. The van der Waals surface area contributed by atoms with Crippen LogP contribution < -0.4 is 5.46 Å². The molecule has 1 saturated heterocycles. The van der Waals surface area contributed by atoms with Crippen LogP contribution in [0.2, 0.25) is 10.0 Å². The summed E-state index contributed by atoms with van der Waals surface area (Å²) in [6, 6.07) is 0. The molecule has 0 atom stereocenters. The fourth-order valence-electron chi connectivity index (χ4n) is 1.57. The van der Waals surface area contributed by atoms with Gasteiger partial charge in [-0.25, -0.2) is 0 Å². The van der Waals surface area contributed by atoms with Gasteiger partial charge in [0.25, 0.3) is 0 Å². The van der Waals surface area contributed by atoms with Gasteiger partial charge in [0.1, 0.15) is 0 Å². The lowest BCUT2D eigenvalue weighted by molar-refractivity contribution is 0.00578. The van der Waals surface area contributed by atoms with Gasteiger partial charge in [-0.05, 0) is 27.7 Å². The van der Waals surface area contributed by atoms with Crippen molar-refractivity contribution in [1.29, 1.82) is 0 Å². The normalized spacial score (nSPS) is 21.9. The number of nitrogens with zero attached hydrogens (tertiary/aromatic N) is 1. The summed E-state index contributed by atoms with van der Waals surface area (Å²) in [6.07, 6.45) is 3.12. The lowest BCUT2D eigenvalue weighted by Gasteiger charge is -2.32. The maximum atomic E-state index is 6.13. The topological polar surface area (TPSA) is 31.4 Å². The summed E-state index contributed by atoms with van der Waals surface area (Å²) in [4.78, 5) is 4.01. The van der Waals surface area contributed by atoms with E-state index in [0.717, 1.165) is 0 Å². The van der Waals surface area contributed by atoms with Gasteiger partial charge in [-0.3, -0.25) is 4.98 Å². The highest BCUT2D eigenvalue weighted by Gasteiger charge is 2.52. The van der Waals surface area contributed by atoms with Gasteiger partial charge in [0.15, 0.2) is 0 Å². The molecule has 0 amide bonds. The van der Waals surface area contributed by atoms with Crippen LogP contribution in [0.1, 0.15) is 27.7 Å². The Labute approximate surface area is 112 Å². The van der Waals surface area contributed by atoms with Crippen molar-refractivity contribution in [3.05, 3.63) is 22.4 Å². The molecule has 6 heteroatoms. The Morgan fingerprint density at radius 1 is 1.06 bits per heavy atom. The second-order valence-corrected chi connectivity index (χ2v) is 5.90. The number of hydrogen-bond donors (Lipinski definition) is 0. The van der Waals surface area contributed by atoms with Crippen molar-refractivity contribution in [2.75, 3.05) is 0 Å². The van der Waals surface area contributed by atoms with Crippen LogP contribution in [0.15, 0.2) is 12.4 Å². The predicted molar refractivity (Wildman–Crippen MR) is 70.0 cm³/mol. The van der Waals surface area contributed by atoms with Crippen LogP contribution in [0, 0.1) is 0 Å². The van der Waals surface area contributed by atoms with Crippen LogP contribution >= 0.6 is 23.2 Å². The second-order valence-electron chi connectivity index (χ2n) is 5.11. The molecule has 0 aliphatic carbocycles. The second kappa shape index (κ2) is 4.13. The first-order chi connectivity index (χ1) is 7.74. The highest BCUT2D eigenvalue weighted by molar-refractivity contribution is 6.66. The van der Waals surface area contributed by atoms with Crippen molar-refractivity contribution < 1.29 is 9.31 Å². The Hall–Kier alpha value is -0.285. The quantitative estimate of drug-likeness (QED) is 0.738. The maximum Gasteiger partial charge on any atom is 0.498 e. The Morgan fingerprint density at radius 2 is 1.59 bits per heavy atom. The number of halogens is 2. The fourth-order valence-corrected chi connectivity index (χ4v) is 1.92. The third-order valence-electron chi connectivity index (χ3n) is 3.37. The van der Waals surface area contributed by atoms with E-state index in [0.29, 0.717) is 15.5 Å². The van der Waals surface area contributed by atoms with Crippen LogP contribution in [0.25, 0.3) is 0 Å². The molecule has 3 nitrogen and oxygen atoms in total. The van der Waals surface area contributed by atoms with Gasteiger partial charge < -0.3 is 9.31 Å². The van der Waals surface area contributed by atoms with E-state index in [2.05, 4.69) is 4.98 Å². The summed E-state index contributed by atoms with van der Waals surface area (Å²) in [5, 5.41) is 0.832. The molecule has 2 heterocycles. The first kappa shape index (κ1) is 13.2. The van der Waals surface area contributed by atoms with Crippen LogP contribution in [0.3, 0.4) is 0 Å². The standard InChI is InChI=1S/C11H14BCl2NO2/c1-10(2)11(3,4)17-12(16-10)7-5-15-6-8(13)9(7)14/h5-6H,1-4H3. The van der Waals surface area contributed by atoms with Gasteiger partial charge in [-0.2, -0.15) is 0 Å². The molecular formula is C11H14BCl2NO2. The number of rotatable bonds is 1. The molecule has 1 aromatic rings. The van der Waals surface area contributed by atoms with E-state index in [-0.39, 0.29) is 0 Å². The molecule has 17 heavy (non-hydrogen) atoms. The highest BCUT2D eigenvalue weighted by atomic mass is 35.5. The Balaban J connectivity index is 2.36. The van der Waals surface area contributed by atoms with E-state index in [9.17, 15) is 0 Å². The van der Waals surface area contributed by atoms with Crippen LogP contribution in [-0.2, 0) is 9.31 Å². The van der Waals surface area contributed by atoms with E-state index >= 15 is 0 Å². The monoisotopic (exact) mass is 273 g/mol. The molecule has 0 radical (unpaired) electrons. The summed E-state index contributed by atoms with van der Waals surface area (Å²) in [5.41, 5.74) is -0.134. The molecule has 1 aromatic heterocycles. The molecule has 0 spiro atoms. The molecule has 1 fully saturated rings. The zero-order chi connectivity index (χ0) is 12.8. The third kappa shape index (κ3) is 2.19. The number of pyridine rings is 1. The third-order valence-corrected chi connectivity index (χ3v) is 4.18. The lowest BCUT2D eigenvalue weighted by atomic mass is 9.80. The smallest absolute Gasteiger partial charge is 0.399 e. The van der Waals surface area contributed by atoms with Gasteiger partial charge in [-0.1, -0.05) is 23.2 Å². The van der Waals surface area contributed by atoms with Gasteiger partial charge in [0.05, 0.1) is 21.2 Å². The molecule has 1 aliphatic heterocycles. The molecule has 2 rings (SSSR count). The van der Waals surface area contributed by atoms with Crippen molar-refractivity contribution >= 4 is 35.8 Å². The first-order valence-corrected chi connectivity index (χ1v) is 6.15. The number of hydrogen-bond acceptors (Lipinski definition) is 3. The molecule has 0 saturated carbocycles. The van der Waals surface area contributed by atoms with Crippen molar-refractivity contribution in [2.45, 2.75) is 38.9 Å². The Bertz CT molecular complexity index is 435. The lowest BCUT2D eigenvalue weighted by Crippen LogP contribution is -2.41. The van der Waals surface area contributed by atoms with Crippen molar-refractivity contribution in [3.63, 3.8) is 0 Å². The predicted octanol–water partition coefficient (Wildman–Crippen LogP) is 2.69. The molecule has 0 unspecified atom stereocenters. The Kier molecular flexibility index (Phi) is 3.19. The minimum Gasteiger partial charge on any atom is -0.399 e. The minimum atomic E-state index is -0.529. The average Bonchev–Trinajstić information content (AvgIpc) is 2.40. The van der Waals surface area contributed by atoms with E-state index in [1.807, 2.05) is 27.7 Å². The molecule has 92 valence electrons. The van der Waals surface area contributed by atoms with Crippen molar-refractivity contribution in [1.82, 2.24) is 4.98 Å². The van der Waals surface area contributed by atoms with Crippen LogP contribution in [0.4, 0.5) is 0 Å². The summed E-state index contributed by atoms with van der Waals surface area (Å²) in [5.74, 6) is 0.